The van der Waals surface area contributed by atoms with E-state index in [1.807, 2.05) is 24.3 Å². The van der Waals surface area contributed by atoms with Crippen LogP contribution < -0.4 is 0 Å². The van der Waals surface area contributed by atoms with Crippen molar-refractivity contribution in [2.24, 2.45) is 0 Å². The Morgan fingerprint density at radius 3 is 2.50 bits per heavy atom. The van der Waals surface area contributed by atoms with Crippen LogP contribution in [0.25, 0.3) is 0 Å². The standard InChI is InChI=1S/C17H16BrClO/c18-16-10-14(19)7-8-15(16)17(20)13-6-5-11-3-1-2-4-12(11)9-13/h5-10,17,20H,1-4H2. The first-order valence-electron chi connectivity index (χ1n) is 6.90. The van der Waals surface area contributed by atoms with E-state index in [-0.39, 0.29) is 0 Å². The molecule has 104 valence electrons. The van der Waals surface area contributed by atoms with Crippen molar-refractivity contribution in [1.82, 2.24) is 0 Å². The van der Waals surface area contributed by atoms with E-state index in [2.05, 4.69) is 28.1 Å². The molecule has 1 aliphatic carbocycles. The van der Waals surface area contributed by atoms with E-state index in [9.17, 15) is 5.11 Å². The number of hydrogen-bond acceptors (Lipinski definition) is 1. The van der Waals surface area contributed by atoms with Gasteiger partial charge < -0.3 is 5.11 Å². The third-order valence-corrected chi connectivity index (χ3v) is 4.87. The molecule has 0 saturated carbocycles. The zero-order valence-electron chi connectivity index (χ0n) is 11.1. The summed E-state index contributed by atoms with van der Waals surface area (Å²) in [6.07, 6.45) is 4.19. The van der Waals surface area contributed by atoms with Gasteiger partial charge in [-0.05, 0) is 60.1 Å². The highest BCUT2D eigenvalue weighted by molar-refractivity contribution is 9.10. The molecule has 2 aromatic rings. The van der Waals surface area contributed by atoms with Crippen LogP contribution in [-0.4, -0.2) is 5.11 Å². The zero-order chi connectivity index (χ0) is 14.1. The highest BCUT2D eigenvalue weighted by atomic mass is 79.9. The normalized spacial score (nSPS) is 15.8. The van der Waals surface area contributed by atoms with Gasteiger partial charge in [0, 0.05) is 9.50 Å². The molecule has 0 saturated heterocycles. The Balaban J connectivity index is 1.95. The smallest absolute Gasteiger partial charge is 0.105 e. The summed E-state index contributed by atoms with van der Waals surface area (Å²) in [6.45, 7) is 0. The van der Waals surface area contributed by atoms with Crippen LogP contribution in [-0.2, 0) is 12.8 Å². The predicted octanol–water partition coefficient (Wildman–Crippen LogP) is 5.06. The molecule has 0 spiro atoms. The third kappa shape index (κ3) is 2.78. The van der Waals surface area contributed by atoms with Crippen molar-refractivity contribution in [2.45, 2.75) is 31.8 Å². The number of aliphatic hydroxyl groups excluding tert-OH is 1. The van der Waals surface area contributed by atoms with E-state index in [0.29, 0.717) is 5.02 Å². The molecule has 3 rings (SSSR count). The van der Waals surface area contributed by atoms with Crippen molar-refractivity contribution in [1.29, 1.82) is 0 Å². The van der Waals surface area contributed by atoms with Gasteiger partial charge in [-0.1, -0.05) is 51.8 Å². The van der Waals surface area contributed by atoms with E-state index in [1.54, 1.807) is 0 Å². The molecule has 3 heteroatoms. The number of fused-ring (bicyclic) bond motifs is 1. The minimum absolute atomic E-state index is 0.617. The molecule has 1 N–H and O–H groups in total. The van der Waals surface area contributed by atoms with Gasteiger partial charge in [0.25, 0.3) is 0 Å². The lowest BCUT2D eigenvalue weighted by atomic mass is 9.88. The van der Waals surface area contributed by atoms with Crippen molar-refractivity contribution in [2.75, 3.05) is 0 Å². The summed E-state index contributed by atoms with van der Waals surface area (Å²) in [6, 6.07) is 11.9. The first-order chi connectivity index (χ1) is 9.65. The van der Waals surface area contributed by atoms with Gasteiger partial charge in [0.05, 0.1) is 0 Å². The van der Waals surface area contributed by atoms with Gasteiger partial charge in [-0.2, -0.15) is 0 Å². The van der Waals surface area contributed by atoms with Crippen LogP contribution >= 0.6 is 27.5 Å². The van der Waals surface area contributed by atoms with Crippen LogP contribution in [0.4, 0.5) is 0 Å². The van der Waals surface area contributed by atoms with Gasteiger partial charge >= 0.3 is 0 Å². The van der Waals surface area contributed by atoms with Crippen LogP contribution in [0.5, 0.6) is 0 Å². The van der Waals surface area contributed by atoms with E-state index >= 15 is 0 Å². The van der Waals surface area contributed by atoms with Crippen LogP contribution in [0.3, 0.4) is 0 Å². The summed E-state index contributed by atoms with van der Waals surface area (Å²) < 4.78 is 0.843. The molecule has 1 aliphatic rings. The van der Waals surface area contributed by atoms with Gasteiger partial charge in [0.2, 0.25) is 0 Å². The zero-order valence-corrected chi connectivity index (χ0v) is 13.4. The fourth-order valence-corrected chi connectivity index (χ4v) is 3.73. The Hall–Kier alpha value is -0.830. The molecule has 0 aromatic heterocycles. The Morgan fingerprint density at radius 2 is 1.75 bits per heavy atom. The summed E-state index contributed by atoms with van der Waals surface area (Å²) >= 11 is 9.43. The SMILES string of the molecule is OC(c1ccc2c(c1)CCCC2)c1ccc(Cl)cc1Br. The number of aliphatic hydroxyl groups is 1. The number of halogens is 2. The highest BCUT2D eigenvalue weighted by Crippen LogP contribution is 2.32. The van der Waals surface area contributed by atoms with Crippen molar-refractivity contribution in [3.05, 3.63) is 68.1 Å². The maximum atomic E-state index is 10.6. The largest absolute Gasteiger partial charge is 0.384 e. The molecule has 1 nitrogen and oxygen atoms in total. The Morgan fingerprint density at radius 1 is 1.00 bits per heavy atom. The Kier molecular flexibility index (Phi) is 4.16. The maximum Gasteiger partial charge on any atom is 0.105 e. The fraction of sp³-hybridized carbons (Fsp3) is 0.294. The topological polar surface area (TPSA) is 20.2 Å². The highest BCUT2D eigenvalue weighted by Gasteiger charge is 2.17. The van der Waals surface area contributed by atoms with Crippen molar-refractivity contribution < 1.29 is 5.11 Å². The van der Waals surface area contributed by atoms with Gasteiger partial charge in [-0.15, -0.1) is 0 Å². The number of benzene rings is 2. The first-order valence-corrected chi connectivity index (χ1v) is 8.07. The number of aryl methyl sites for hydroxylation is 2. The molecule has 0 bridgehead atoms. The van der Waals surface area contributed by atoms with Crippen molar-refractivity contribution in [3.8, 4) is 0 Å². The average molecular weight is 352 g/mol. The second-order valence-electron chi connectivity index (χ2n) is 5.30. The molecule has 0 aliphatic heterocycles. The van der Waals surface area contributed by atoms with Gasteiger partial charge in [0.15, 0.2) is 0 Å². The first kappa shape index (κ1) is 14.1. The lowest BCUT2D eigenvalue weighted by Crippen LogP contribution is -2.06. The van der Waals surface area contributed by atoms with E-state index in [0.717, 1.165) is 28.4 Å². The van der Waals surface area contributed by atoms with E-state index in [4.69, 9.17) is 11.6 Å². The molecular weight excluding hydrogens is 336 g/mol. The molecule has 0 heterocycles. The van der Waals surface area contributed by atoms with Gasteiger partial charge in [-0.3, -0.25) is 0 Å². The molecular formula is C17H16BrClO. The second kappa shape index (κ2) is 5.88. The third-order valence-electron chi connectivity index (χ3n) is 3.95. The Labute approximate surface area is 132 Å². The summed E-state index contributed by atoms with van der Waals surface area (Å²) in [5.74, 6) is 0. The molecule has 0 fully saturated rings. The van der Waals surface area contributed by atoms with Gasteiger partial charge in [0.1, 0.15) is 6.10 Å². The second-order valence-corrected chi connectivity index (χ2v) is 6.59. The quantitative estimate of drug-likeness (QED) is 0.801. The lowest BCUT2D eigenvalue weighted by Gasteiger charge is -2.19. The van der Waals surface area contributed by atoms with Crippen LogP contribution in [0, 0.1) is 0 Å². The Bertz CT molecular complexity index is 639. The molecule has 20 heavy (non-hydrogen) atoms. The van der Waals surface area contributed by atoms with Crippen LogP contribution in [0.15, 0.2) is 40.9 Å². The minimum atomic E-state index is -0.617. The molecule has 1 unspecified atom stereocenters. The lowest BCUT2D eigenvalue weighted by molar-refractivity contribution is 0.219. The van der Waals surface area contributed by atoms with Crippen LogP contribution in [0.2, 0.25) is 5.02 Å². The van der Waals surface area contributed by atoms with Gasteiger partial charge in [-0.25, -0.2) is 0 Å². The molecule has 0 radical (unpaired) electrons. The summed E-state index contributed by atoms with van der Waals surface area (Å²) in [5, 5.41) is 11.3. The number of hydrogen-bond donors (Lipinski definition) is 1. The minimum Gasteiger partial charge on any atom is -0.384 e. The molecule has 1 atom stereocenters. The van der Waals surface area contributed by atoms with Crippen molar-refractivity contribution in [3.63, 3.8) is 0 Å². The summed E-state index contributed by atoms with van der Waals surface area (Å²) in [5.41, 5.74) is 4.62. The van der Waals surface area contributed by atoms with Crippen molar-refractivity contribution >= 4 is 27.5 Å². The van der Waals surface area contributed by atoms with E-state index in [1.165, 1.54) is 24.0 Å². The maximum absolute atomic E-state index is 10.6. The summed E-state index contributed by atoms with van der Waals surface area (Å²) in [7, 11) is 0. The van der Waals surface area contributed by atoms with Crippen LogP contribution in [0.1, 0.15) is 41.2 Å². The fourth-order valence-electron chi connectivity index (χ4n) is 2.83. The van der Waals surface area contributed by atoms with E-state index < -0.39 is 6.10 Å². The average Bonchev–Trinajstić information content (AvgIpc) is 2.46. The molecule has 2 aromatic carbocycles. The predicted molar refractivity (Wildman–Crippen MR) is 86.3 cm³/mol. The monoisotopic (exact) mass is 350 g/mol. The summed E-state index contributed by atoms with van der Waals surface area (Å²) in [4.78, 5) is 0. The molecule has 0 amide bonds. The number of rotatable bonds is 2.